The third-order valence-electron chi connectivity index (χ3n) is 16.6. The van der Waals surface area contributed by atoms with E-state index in [1.165, 1.54) is 276 Å². The molecule has 0 aromatic rings. The Hall–Kier alpha value is -2.63. The SMILES string of the molecule is CC/C=C\C/C=C\C/C=C\CCCCCCCCCC(=O)OC(COC(=O)CCCCCCCCCCCCCCCC)COC(=O)CCCCCCCCCCCCCCCCCCCCCCC/C=C\CCCCCCCCCC. The molecule has 480 valence electrons. The molecule has 0 spiro atoms. The number of ether oxygens (including phenoxy) is 3. The molecule has 1 unspecified atom stereocenters. The van der Waals surface area contributed by atoms with E-state index in [2.05, 4.69) is 69.4 Å². The average Bonchev–Trinajstić information content (AvgIpc) is 3.48. The van der Waals surface area contributed by atoms with Crippen molar-refractivity contribution < 1.29 is 28.6 Å². The molecular weight excluding hydrogens is 1010 g/mol. The minimum Gasteiger partial charge on any atom is -0.462 e. The van der Waals surface area contributed by atoms with Crippen LogP contribution in [-0.2, 0) is 28.6 Å². The lowest BCUT2D eigenvalue weighted by molar-refractivity contribution is -0.167. The maximum absolute atomic E-state index is 12.9. The monoisotopic (exact) mass is 1150 g/mol. The topological polar surface area (TPSA) is 78.9 Å². The van der Waals surface area contributed by atoms with Crippen molar-refractivity contribution in [1.29, 1.82) is 0 Å². The van der Waals surface area contributed by atoms with E-state index in [1.54, 1.807) is 0 Å². The molecule has 0 heterocycles. The number of esters is 3. The zero-order valence-corrected chi connectivity index (χ0v) is 55.3. The van der Waals surface area contributed by atoms with Gasteiger partial charge in [-0.2, -0.15) is 0 Å². The summed E-state index contributed by atoms with van der Waals surface area (Å²) >= 11 is 0. The lowest BCUT2D eigenvalue weighted by Crippen LogP contribution is -2.30. The molecule has 6 heteroatoms. The van der Waals surface area contributed by atoms with E-state index in [0.717, 1.165) is 83.5 Å². The van der Waals surface area contributed by atoms with Crippen molar-refractivity contribution in [2.24, 2.45) is 0 Å². The van der Waals surface area contributed by atoms with Gasteiger partial charge in [0.25, 0.3) is 0 Å². The summed E-state index contributed by atoms with van der Waals surface area (Å²) in [5, 5.41) is 0. The molecule has 0 aromatic heterocycles. The van der Waals surface area contributed by atoms with Crippen LogP contribution in [0.3, 0.4) is 0 Å². The van der Waals surface area contributed by atoms with E-state index < -0.39 is 6.10 Å². The van der Waals surface area contributed by atoms with E-state index >= 15 is 0 Å². The number of carbonyl (C=O) groups is 3. The third kappa shape index (κ3) is 68.2. The molecule has 0 bridgehead atoms. The van der Waals surface area contributed by atoms with Crippen LogP contribution in [0.1, 0.15) is 400 Å². The molecule has 0 aromatic carbocycles. The van der Waals surface area contributed by atoms with Gasteiger partial charge in [-0.05, 0) is 77.0 Å². The van der Waals surface area contributed by atoms with Crippen molar-refractivity contribution in [3.63, 3.8) is 0 Å². The second-order valence-corrected chi connectivity index (χ2v) is 24.8. The smallest absolute Gasteiger partial charge is 0.306 e. The average molecular weight is 1150 g/mol. The van der Waals surface area contributed by atoms with Crippen molar-refractivity contribution in [1.82, 2.24) is 0 Å². The Morgan fingerprint density at radius 2 is 0.476 bits per heavy atom. The van der Waals surface area contributed by atoms with Crippen LogP contribution in [0.4, 0.5) is 0 Å². The Labute approximate surface area is 511 Å². The maximum atomic E-state index is 12.9. The summed E-state index contributed by atoms with van der Waals surface area (Å²) in [5.74, 6) is -0.854. The third-order valence-corrected chi connectivity index (χ3v) is 16.6. The molecule has 0 saturated carbocycles. The summed E-state index contributed by atoms with van der Waals surface area (Å²) in [6.07, 6.45) is 90.2. The van der Waals surface area contributed by atoms with E-state index in [9.17, 15) is 14.4 Å². The summed E-state index contributed by atoms with van der Waals surface area (Å²) in [4.78, 5) is 38.4. The predicted octanol–water partition coefficient (Wildman–Crippen LogP) is 25.3. The zero-order valence-electron chi connectivity index (χ0n) is 55.3. The number of rotatable bonds is 68. The maximum Gasteiger partial charge on any atom is 0.306 e. The molecule has 0 saturated heterocycles. The van der Waals surface area contributed by atoms with Gasteiger partial charge in [0, 0.05) is 19.3 Å². The van der Waals surface area contributed by atoms with E-state index in [-0.39, 0.29) is 31.1 Å². The molecule has 0 aliphatic heterocycles. The number of hydrogen-bond donors (Lipinski definition) is 0. The Morgan fingerprint density at radius 1 is 0.256 bits per heavy atom. The quantitative estimate of drug-likeness (QED) is 0.0261. The Bertz CT molecular complexity index is 1410. The van der Waals surface area contributed by atoms with Crippen LogP contribution in [0.5, 0.6) is 0 Å². The van der Waals surface area contributed by atoms with Gasteiger partial charge in [0.15, 0.2) is 6.10 Å². The van der Waals surface area contributed by atoms with Gasteiger partial charge in [0.05, 0.1) is 0 Å². The first-order valence-electron chi connectivity index (χ1n) is 36.6. The molecule has 0 aliphatic rings. The molecule has 1 atom stereocenters. The number of unbranched alkanes of at least 4 members (excludes halogenated alkanes) is 49. The van der Waals surface area contributed by atoms with E-state index in [1.807, 2.05) is 0 Å². The largest absolute Gasteiger partial charge is 0.462 e. The number of allylic oxidation sites excluding steroid dienone is 8. The Morgan fingerprint density at radius 3 is 0.756 bits per heavy atom. The van der Waals surface area contributed by atoms with Crippen LogP contribution in [0, 0.1) is 0 Å². The van der Waals surface area contributed by atoms with Crippen molar-refractivity contribution >= 4 is 17.9 Å². The first-order valence-corrected chi connectivity index (χ1v) is 36.6. The fourth-order valence-corrected chi connectivity index (χ4v) is 11.1. The summed E-state index contributed by atoms with van der Waals surface area (Å²) in [6.45, 7) is 6.59. The molecule has 0 fully saturated rings. The van der Waals surface area contributed by atoms with Gasteiger partial charge in [-0.15, -0.1) is 0 Å². The standard InChI is InChI=1S/C76H140O6/c1-4-7-10-13-16-19-22-25-28-30-31-32-33-34-35-36-37-38-39-40-41-42-43-44-45-47-48-51-54-57-60-63-66-69-75(78)81-72-73(71-80-74(77)68-65-62-59-56-53-50-27-24-21-18-15-12-9-6-3)82-76(79)70-67-64-61-58-55-52-49-46-29-26-23-20-17-14-11-8-5-2/h8,11,17,20,26,29-31,73H,4-7,9-10,12-16,18-19,21-25,27-28,32-72H2,1-3H3/b11-8-,20-17-,29-26-,31-30-. The number of hydrogen-bond acceptors (Lipinski definition) is 6. The van der Waals surface area contributed by atoms with Crippen LogP contribution < -0.4 is 0 Å². The molecule has 0 rings (SSSR count). The van der Waals surface area contributed by atoms with Crippen LogP contribution in [0.15, 0.2) is 48.6 Å². The zero-order chi connectivity index (χ0) is 59.2. The molecule has 0 radical (unpaired) electrons. The van der Waals surface area contributed by atoms with E-state index in [0.29, 0.717) is 19.3 Å². The molecule has 0 amide bonds. The summed E-state index contributed by atoms with van der Waals surface area (Å²) in [5.41, 5.74) is 0. The van der Waals surface area contributed by atoms with Crippen molar-refractivity contribution in [2.45, 2.75) is 406 Å². The lowest BCUT2D eigenvalue weighted by atomic mass is 10.0. The minimum absolute atomic E-state index is 0.0719. The van der Waals surface area contributed by atoms with Gasteiger partial charge >= 0.3 is 17.9 Å². The van der Waals surface area contributed by atoms with Crippen LogP contribution in [0.2, 0.25) is 0 Å². The van der Waals surface area contributed by atoms with Gasteiger partial charge in [-0.25, -0.2) is 0 Å². The van der Waals surface area contributed by atoms with E-state index in [4.69, 9.17) is 14.2 Å². The van der Waals surface area contributed by atoms with Gasteiger partial charge in [0.1, 0.15) is 13.2 Å². The van der Waals surface area contributed by atoms with Crippen LogP contribution in [0.25, 0.3) is 0 Å². The van der Waals surface area contributed by atoms with Gasteiger partial charge in [0.2, 0.25) is 0 Å². The van der Waals surface area contributed by atoms with Gasteiger partial charge < -0.3 is 14.2 Å². The second-order valence-electron chi connectivity index (χ2n) is 24.8. The fourth-order valence-electron chi connectivity index (χ4n) is 11.1. The highest BCUT2D eigenvalue weighted by Gasteiger charge is 2.19. The highest BCUT2D eigenvalue weighted by atomic mass is 16.6. The highest BCUT2D eigenvalue weighted by molar-refractivity contribution is 5.71. The van der Waals surface area contributed by atoms with Crippen molar-refractivity contribution in [2.75, 3.05) is 13.2 Å². The Kier molecular flexibility index (Phi) is 68.6. The molecule has 0 N–H and O–H groups in total. The molecule has 82 heavy (non-hydrogen) atoms. The van der Waals surface area contributed by atoms with Gasteiger partial charge in [-0.1, -0.05) is 352 Å². The van der Waals surface area contributed by atoms with Crippen LogP contribution in [-0.4, -0.2) is 37.2 Å². The van der Waals surface area contributed by atoms with Crippen molar-refractivity contribution in [3.05, 3.63) is 48.6 Å². The summed E-state index contributed by atoms with van der Waals surface area (Å²) in [6, 6.07) is 0. The molecule has 6 nitrogen and oxygen atoms in total. The minimum atomic E-state index is -0.776. The fraction of sp³-hybridized carbons (Fsp3) is 0.855. The lowest BCUT2D eigenvalue weighted by Gasteiger charge is -2.18. The molecular formula is C76H140O6. The second kappa shape index (κ2) is 70.9. The normalized spacial score (nSPS) is 12.3. The highest BCUT2D eigenvalue weighted by Crippen LogP contribution is 2.19. The van der Waals surface area contributed by atoms with Gasteiger partial charge in [-0.3, -0.25) is 14.4 Å². The predicted molar refractivity (Wildman–Crippen MR) is 358 cm³/mol. The number of carbonyl (C=O) groups excluding carboxylic acids is 3. The Balaban J connectivity index is 4.12. The van der Waals surface area contributed by atoms with Crippen molar-refractivity contribution in [3.8, 4) is 0 Å². The summed E-state index contributed by atoms with van der Waals surface area (Å²) in [7, 11) is 0. The first kappa shape index (κ1) is 79.4. The van der Waals surface area contributed by atoms with Crippen LogP contribution >= 0.6 is 0 Å². The summed E-state index contributed by atoms with van der Waals surface area (Å²) < 4.78 is 17.0. The first-order chi connectivity index (χ1) is 40.5. The molecule has 0 aliphatic carbocycles.